The standard InChI is InChI=1S/C13H11N3O3/c1-16-11(17)6-10(13(16)19)15-12(18)9-4-2-8(7-14)3-5-9/h2-5,10H,6H2,1H3,(H,15,18). The van der Waals surface area contributed by atoms with Gasteiger partial charge in [0, 0.05) is 12.6 Å². The predicted molar refractivity (Wildman–Crippen MR) is 64.8 cm³/mol. The van der Waals surface area contributed by atoms with E-state index >= 15 is 0 Å². The number of carbonyl (C=O) groups is 3. The van der Waals surface area contributed by atoms with E-state index in [2.05, 4.69) is 5.32 Å². The summed E-state index contributed by atoms with van der Waals surface area (Å²) in [5, 5.41) is 11.2. The molecule has 19 heavy (non-hydrogen) atoms. The van der Waals surface area contributed by atoms with E-state index in [-0.39, 0.29) is 12.3 Å². The fraction of sp³-hybridized carbons (Fsp3) is 0.231. The van der Waals surface area contributed by atoms with Gasteiger partial charge in [0.1, 0.15) is 6.04 Å². The minimum absolute atomic E-state index is 0.0165. The van der Waals surface area contributed by atoms with Crippen LogP contribution in [0.3, 0.4) is 0 Å². The highest BCUT2D eigenvalue weighted by atomic mass is 16.2. The van der Waals surface area contributed by atoms with E-state index in [4.69, 9.17) is 5.26 Å². The van der Waals surface area contributed by atoms with Gasteiger partial charge in [-0.25, -0.2) is 0 Å². The van der Waals surface area contributed by atoms with E-state index < -0.39 is 17.9 Å². The van der Waals surface area contributed by atoms with E-state index in [1.165, 1.54) is 31.3 Å². The lowest BCUT2D eigenvalue weighted by Crippen LogP contribution is -2.40. The lowest BCUT2D eigenvalue weighted by molar-refractivity contribution is -0.137. The molecule has 0 bridgehead atoms. The van der Waals surface area contributed by atoms with Crippen LogP contribution in [0.15, 0.2) is 24.3 Å². The number of likely N-dealkylation sites (tertiary alicyclic amines) is 1. The van der Waals surface area contributed by atoms with Crippen molar-refractivity contribution in [3.05, 3.63) is 35.4 Å². The number of rotatable bonds is 2. The summed E-state index contributed by atoms with van der Waals surface area (Å²) in [4.78, 5) is 35.8. The molecule has 1 unspecified atom stereocenters. The Kier molecular flexibility index (Phi) is 3.29. The molecule has 1 aliphatic rings. The molecule has 1 fully saturated rings. The second-order valence-electron chi connectivity index (χ2n) is 4.21. The smallest absolute Gasteiger partial charge is 0.252 e. The molecule has 1 saturated heterocycles. The van der Waals surface area contributed by atoms with Gasteiger partial charge >= 0.3 is 0 Å². The summed E-state index contributed by atoms with van der Waals surface area (Å²) < 4.78 is 0. The molecule has 6 nitrogen and oxygen atoms in total. The van der Waals surface area contributed by atoms with Crippen molar-refractivity contribution in [3.8, 4) is 6.07 Å². The van der Waals surface area contributed by atoms with Crippen molar-refractivity contribution in [2.24, 2.45) is 0 Å². The first-order valence-corrected chi connectivity index (χ1v) is 5.64. The number of hydrogen-bond acceptors (Lipinski definition) is 4. The quantitative estimate of drug-likeness (QED) is 0.758. The molecular weight excluding hydrogens is 246 g/mol. The second kappa shape index (κ2) is 4.90. The molecule has 0 aliphatic carbocycles. The molecule has 0 aromatic heterocycles. The van der Waals surface area contributed by atoms with Crippen LogP contribution < -0.4 is 5.32 Å². The van der Waals surface area contributed by atoms with E-state index in [0.29, 0.717) is 11.1 Å². The average Bonchev–Trinajstić information content (AvgIpc) is 2.66. The summed E-state index contributed by atoms with van der Waals surface area (Å²) in [6.07, 6.45) is -0.0165. The minimum Gasteiger partial charge on any atom is -0.340 e. The first kappa shape index (κ1) is 12.8. The molecular formula is C13H11N3O3. The van der Waals surface area contributed by atoms with Crippen molar-refractivity contribution in [3.63, 3.8) is 0 Å². The topological polar surface area (TPSA) is 90.3 Å². The van der Waals surface area contributed by atoms with Crippen molar-refractivity contribution in [1.82, 2.24) is 10.2 Å². The predicted octanol–water partition coefficient (Wildman–Crippen LogP) is 0.0454. The third-order valence-electron chi connectivity index (χ3n) is 2.96. The van der Waals surface area contributed by atoms with Gasteiger partial charge in [0.15, 0.2) is 0 Å². The number of imide groups is 1. The molecule has 6 heteroatoms. The summed E-state index contributed by atoms with van der Waals surface area (Å²) in [5.74, 6) is -1.16. The molecule has 0 spiro atoms. The lowest BCUT2D eigenvalue weighted by Gasteiger charge is -2.11. The zero-order valence-corrected chi connectivity index (χ0v) is 10.2. The van der Waals surface area contributed by atoms with Crippen molar-refractivity contribution in [1.29, 1.82) is 5.26 Å². The van der Waals surface area contributed by atoms with Crippen molar-refractivity contribution in [2.45, 2.75) is 12.5 Å². The van der Waals surface area contributed by atoms with Gasteiger partial charge in [-0.15, -0.1) is 0 Å². The molecule has 96 valence electrons. The van der Waals surface area contributed by atoms with Crippen molar-refractivity contribution in [2.75, 3.05) is 7.05 Å². The van der Waals surface area contributed by atoms with Crippen LogP contribution in [0.2, 0.25) is 0 Å². The van der Waals surface area contributed by atoms with Gasteiger partial charge < -0.3 is 5.32 Å². The van der Waals surface area contributed by atoms with Gasteiger partial charge in [-0.1, -0.05) is 0 Å². The third kappa shape index (κ3) is 2.45. The molecule has 3 amide bonds. The first-order valence-electron chi connectivity index (χ1n) is 5.64. The molecule has 1 aromatic rings. The molecule has 0 saturated carbocycles. The maximum Gasteiger partial charge on any atom is 0.252 e. The fourth-order valence-corrected chi connectivity index (χ4v) is 1.81. The summed E-state index contributed by atoms with van der Waals surface area (Å²) >= 11 is 0. The second-order valence-corrected chi connectivity index (χ2v) is 4.21. The molecule has 2 rings (SSSR count). The summed E-state index contributed by atoms with van der Waals surface area (Å²) in [6, 6.07) is 7.17. The largest absolute Gasteiger partial charge is 0.340 e. The normalized spacial score (nSPS) is 18.3. The monoisotopic (exact) mass is 257 g/mol. The van der Waals surface area contributed by atoms with Gasteiger partial charge in [-0.3, -0.25) is 19.3 Å². The zero-order valence-electron chi connectivity index (χ0n) is 10.2. The van der Waals surface area contributed by atoms with E-state index in [9.17, 15) is 14.4 Å². The molecule has 1 aromatic carbocycles. The highest BCUT2D eigenvalue weighted by molar-refractivity contribution is 6.08. The van der Waals surface area contributed by atoms with Gasteiger partial charge in [0.25, 0.3) is 11.8 Å². The Labute approximate surface area is 109 Å². The van der Waals surface area contributed by atoms with E-state index in [1.54, 1.807) is 0 Å². The average molecular weight is 257 g/mol. The van der Waals surface area contributed by atoms with Gasteiger partial charge in [0.05, 0.1) is 18.1 Å². The van der Waals surface area contributed by atoms with Crippen molar-refractivity contribution < 1.29 is 14.4 Å². The summed E-state index contributed by atoms with van der Waals surface area (Å²) in [6.45, 7) is 0. The maximum atomic E-state index is 11.9. The van der Waals surface area contributed by atoms with E-state index in [0.717, 1.165) is 4.90 Å². The summed E-state index contributed by atoms with van der Waals surface area (Å²) in [5.41, 5.74) is 0.789. The number of nitrogens with zero attached hydrogens (tertiary/aromatic N) is 2. The van der Waals surface area contributed by atoms with Crippen LogP contribution in [0.4, 0.5) is 0 Å². The van der Waals surface area contributed by atoms with Gasteiger partial charge in [0.2, 0.25) is 5.91 Å². The Morgan fingerprint density at radius 3 is 2.47 bits per heavy atom. The Morgan fingerprint density at radius 2 is 2.00 bits per heavy atom. The molecule has 1 N–H and O–H groups in total. The number of benzene rings is 1. The Bertz CT molecular complexity index is 586. The molecule has 0 radical (unpaired) electrons. The highest BCUT2D eigenvalue weighted by Crippen LogP contribution is 2.11. The van der Waals surface area contributed by atoms with Gasteiger partial charge in [-0.05, 0) is 24.3 Å². The van der Waals surface area contributed by atoms with Crippen LogP contribution in [0, 0.1) is 11.3 Å². The lowest BCUT2D eigenvalue weighted by atomic mass is 10.1. The minimum atomic E-state index is -0.805. The molecule has 1 atom stereocenters. The third-order valence-corrected chi connectivity index (χ3v) is 2.96. The molecule has 1 heterocycles. The van der Waals surface area contributed by atoms with Crippen molar-refractivity contribution >= 4 is 17.7 Å². The number of carbonyl (C=O) groups excluding carboxylic acids is 3. The maximum absolute atomic E-state index is 11.9. The number of nitriles is 1. The fourth-order valence-electron chi connectivity index (χ4n) is 1.81. The number of likely N-dealkylation sites (N-methyl/N-ethyl adjacent to an activating group) is 1. The highest BCUT2D eigenvalue weighted by Gasteiger charge is 2.36. The summed E-state index contributed by atoms with van der Waals surface area (Å²) in [7, 11) is 1.39. The van der Waals surface area contributed by atoms with Crippen LogP contribution >= 0.6 is 0 Å². The van der Waals surface area contributed by atoms with Gasteiger partial charge in [-0.2, -0.15) is 5.26 Å². The number of hydrogen-bond donors (Lipinski definition) is 1. The van der Waals surface area contributed by atoms with Crippen LogP contribution in [0.1, 0.15) is 22.3 Å². The van der Waals surface area contributed by atoms with Crippen LogP contribution in [-0.4, -0.2) is 35.7 Å². The Hall–Kier alpha value is -2.68. The zero-order chi connectivity index (χ0) is 14.0. The Morgan fingerprint density at radius 1 is 1.37 bits per heavy atom. The van der Waals surface area contributed by atoms with Crippen LogP contribution in [-0.2, 0) is 9.59 Å². The van der Waals surface area contributed by atoms with Crippen LogP contribution in [0.25, 0.3) is 0 Å². The SMILES string of the molecule is CN1C(=O)CC(NC(=O)c2ccc(C#N)cc2)C1=O. The van der Waals surface area contributed by atoms with E-state index in [1.807, 2.05) is 6.07 Å². The number of nitrogens with one attached hydrogen (secondary N) is 1. The Balaban J connectivity index is 2.07. The van der Waals surface area contributed by atoms with Crippen LogP contribution in [0.5, 0.6) is 0 Å². The number of amides is 3. The molecule has 1 aliphatic heterocycles. The first-order chi connectivity index (χ1) is 9.02.